The van der Waals surface area contributed by atoms with Crippen LogP contribution in [0.3, 0.4) is 0 Å². The number of aromatic nitrogens is 3. The standard InChI is InChI=1S/C17H17FN4O/c1-11-8-16-19-14(9-17(23)22(16)20-11)10-21-7-6-15(21)12-2-4-13(18)5-3-12/h2-5,8-9,15,20H,6-7,10H2,1H3/t15-/m1/s1. The molecule has 3 aromatic rings. The van der Waals surface area contributed by atoms with Gasteiger partial charge in [0.1, 0.15) is 5.82 Å². The molecule has 5 nitrogen and oxygen atoms in total. The molecule has 6 heteroatoms. The van der Waals surface area contributed by atoms with Crippen molar-refractivity contribution in [2.24, 2.45) is 0 Å². The number of benzene rings is 1. The fourth-order valence-corrected chi connectivity index (χ4v) is 3.14. The lowest BCUT2D eigenvalue weighted by Crippen LogP contribution is -2.40. The van der Waals surface area contributed by atoms with Gasteiger partial charge in [-0.1, -0.05) is 12.1 Å². The van der Waals surface area contributed by atoms with Crippen LogP contribution in [0.2, 0.25) is 0 Å². The summed E-state index contributed by atoms with van der Waals surface area (Å²) in [5.74, 6) is -0.220. The molecule has 0 amide bonds. The Morgan fingerprint density at radius 1 is 1.30 bits per heavy atom. The summed E-state index contributed by atoms with van der Waals surface area (Å²) in [6.45, 7) is 3.47. The van der Waals surface area contributed by atoms with Crippen molar-refractivity contribution in [3.8, 4) is 0 Å². The topological polar surface area (TPSA) is 53.4 Å². The molecule has 0 aliphatic carbocycles. The Bertz CT molecular complexity index is 912. The molecule has 1 saturated heterocycles. The van der Waals surface area contributed by atoms with E-state index in [2.05, 4.69) is 15.0 Å². The Morgan fingerprint density at radius 3 is 2.78 bits per heavy atom. The van der Waals surface area contributed by atoms with Gasteiger partial charge in [-0.25, -0.2) is 13.9 Å². The predicted molar refractivity (Wildman–Crippen MR) is 84.7 cm³/mol. The number of fused-ring (bicyclic) bond motifs is 1. The molecule has 0 unspecified atom stereocenters. The van der Waals surface area contributed by atoms with E-state index in [0.717, 1.165) is 29.9 Å². The minimum atomic E-state index is -0.220. The number of hydrogen-bond donors (Lipinski definition) is 1. The Morgan fingerprint density at radius 2 is 2.09 bits per heavy atom. The average molecular weight is 312 g/mol. The van der Waals surface area contributed by atoms with Gasteiger partial charge in [0.25, 0.3) is 5.56 Å². The molecule has 3 heterocycles. The van der Waals surface area contributed by atoms with E-state index in [-0.39, 0.29) is 17.4 Å². The monoisotopic (exact) mass is 312 g/mol. The molecule has 1 fully saturated rings. The Kier molecular flexibility index (Phi) is 3.27. The molecule has 0 spiro atoms. The van der Waals surface area contributed by atoms with Gasteiger partial charge in [-0.15, -0.1) is 0 Å². The number of H-pyrrole nitrogens is 1. The van der Waals surface area contributed by atoms with E-state index in [1.807, 2.05) is 25.1 Å². The normalized spacial score (nSPS) is 18.3. The summed E-state index contributed by atoms with van der Waals surface area (Å²) in [6.07, 6.45) is 1.04. The molecule has 118 valence electrons. The first-order chi connectivity index (χ1) is 11.1. The van der Waals surface area contributed by atoms with E-state index < -0.39 is 0 Å². The minimum absolute atomic E-state index is 0.100. The molecule has 1 N–H and O–H groups in total. The van der Waals surface area contributed by atoms with Gasteiger partial charge in [-0.3, -0.25) is 14.8 Å². The van der Waals surface area contributed by atoms with Crippen LogP contribution in [0.5, 0.6) is 0 Å². The van der Waals surface area contributed by atoms with Crippen LogP contribution in [0.4, 0.5) is 4.39 Å². The van der Waals surface area contributed by atoms with Crippen LogP contribution < -0.4 is 5.56 Å². The van der Waals surface area contributed by atoms with Crippen LogP contribution in [0.15, 0.2) is 41.2 Å². The highest BCUT2D eigenvalue weighted by Crippen LogP contribution is 2.34. The number of aromatic amines is 1. The third kappa shape index (κ3) is 2.55. The van der Waals surface area contributed by atoms with Gasteiger partial charge in [-0.05, 0) is 31.0 Å². The lowest BCUT2D eigenvalue weighted by Gasteiger charge is -2.41. The van der Waals surface area contributed by atoms with Crippen molar-refractivity contribution >= 4 is 5.65 Å². The Hall–Kier alpha value is -2.47. The summed E-state index contributed by atoms with van der Waals surface area (Å²) >= 11 is 0. The molecule has 23 heavy (non-hydrogen) atoms. The number of rotatable bonds is 3. The minimum Gasteiger partial charge on any atom is -0.294 e. The van der Waals surface area contributed by atoms with Gasteiger partial charge in [0.15, 0.2) is 5.65 Å². The average Bonchev–Trinajstić information content (AvgIpc) is 2.87. The van der Waals surface area contributed by atoms with Crippen LogP contribution in [-0.4, -0.2) is 26.0 Å². The molecule has 1 aliphatic rings. The number of nitrogens with one attached hydrogen (secondary N) is 1. The summed E-state index contributed by atoms with van der Waals surface area (Å²) in [4.78, 5) is 18.9. The summed E-state index contributed by atoms with van der Waals surface area (Å²) < 4.78 is 14.5. The van der Waals surface area contributed by atoms with Crippen LogP contribution in [-0.2, 0) is 6.54 Å². The zero-order valence-electron chi connectivity index (χ0n) is 12.8. The molecule has 2 aromatic heterocycles. The third-order valence-corrected chi connectivity index (χ3v) is 4.38. The first kappa shape index (κ1) is 14.1. The van der Waals surface area contributed by atoms with Crippen molar-refractivity contribution in [2.45, 2.75) is 25.9 Å². The third-order valence-electron chi connectivity index (χ3n) is 4.38. The lowest BCUT2D eigenvalue weighted by molar-refractivity contribution is 0.0803. The SMILES string of the molecule is Cc1cc2nc(CN3CC[C@@H]3c3ccc(F)cc3)cc(=O)n2[nH]1. The van der Waals surface area contributed by atoms with Crippen LogP contribution in [0, 0.1) is 12.7 Å². The van der Waals surface area contributed by atoms with E-state index in [1.54, 1.807) is 6.07 Å². The molecule has 1 aromatic carbocycles. The van der Waals surface area contributed by atoms with E-state index in [4.69, 9.17) is 0 Å². The van der Waals surface area contributed by atoms with Crippen LogP contribution >= 0.6 is 0 Å². The quantitative estimate of drug-likeness (QED) is 0.808. The summed E-state index contributed by atoms with van der Waals surface area (Å²) in [5.41, 5.74) is 3.31. The van der Waals surface area contributed by atoms with E-state index in [9.17, 15) is 9.18 Å². The number of likely N-dealkylation sites (tertiary alicyclic amines) is 1. The molecule has 0 bridgehead atoms. The molecular formula is C17H17FN4O. The second-order valence-electron chi connectivity index (χ2n) is 6.04. The van der Waals surface area contributed by atoms with Crippen LogP contribution in [0.25, 0.3) is 5.65 Å². The highest BCUT2D eigenvalue weighted by Gasteiger charge is 2.29. The summed E-state index contributed by atoms with van der Waals surface area (Å²) in [7, 11) is 0. The number of aryl methyl sites for hydroxylation is 1. The van der Waals surface area contributed by atoms with Gasteiger partial charge >= 0.3 is 0 Å². The number of halogens is 1. The Labute approximate surface area is 132 Å². The maximum Gasteiger partial charge on any atom is 0.272 e. The highest BCUT2D eigenvalue weighted by atomic mass is 19.1. The van der Waals surface area contributed by atoms with E-state index in [1.165, 1.54) is 16.6 Å². The van der Waals surface area contributed by atoms with Gasteiger partial charge in [0.05, 0.1) is 5.69 Å². The Balaban J connectivity index is 1.58. The lowest BCUT2D eigenvalue weighted by atomic mass is 9.94. The second kappa shape index (κ2) is 5.31. The predicted octanol–water partition coefficient (Wildman–Crippen LogP) is 2.42. The van der Waals surface area contributed by atoms with E-state index in [0.29, 0.717) is 12.2 Å². The zero-order chi connectivity index (χ0) is 16.0. The van der Waals surface area contributed by atoms with Crippen LogP contribution in [0.1, 0.15) is 29.4 Å². The molecule has 0 radical (unpaired) electrons. The smallest absolute Gasteiger partial charge is 0.272 e. The summed E-state index contributed by atoms with van der Waals surface area (Å²) in [6, 6.07) is 10.3. The van der Waals surface area contributed by atoms with Crippen molar-refractivity contribution in [3.63, 3.8) is 0 Å². The van der Waals surface area contributed by atoms with Gasteiger partial charge < -0.3 is 0 Å². The maximum atomic E-state index is 13.0. The first-order valence-electron chi connectivity index (χ1n) is 7.68. The van der Waals surface area contributed by atoms with Gasteiger partial charge in [-0.2, -0.15) is 0 Å². The fourth-order valence-electron chi connectivity index (χ4n) is 3.14. The molecule has 1 atom stereocenters. The molecule has 0 saturated carbocycles. The highest BCUT2D eigenvalue weighted by molar-refractivity contribution is 5.39. The largest absolute Gasteiger partial charge is 0.294 e. The van der Waals surface area contributed by atoms with E-state index >= 15 is 0 Å². The summed E-state index contributed by atoms with van der Waals surface area (Å²) in [5, 5.41) is 2.97. The first-order valence-corrected chi connectivity index (χ1v) is 7.68. The van der Waals surface area contributed by atoms with Gasteiger partial charge in [0, 0.05) is 37.0 Å². The van der Waals surface area contributed by atoms with Gasteiger partial charge in [0.2, 0.25) is 0 Å². The van der Waals surface area contributed by atoms with Crippen molar-refractivity contribution in [1.29, 1.82) is 0 Å². The number of hydrogen-bond acceptors (Lipinski definition) is 3. The molecule has 1 aliphatic heterocycles. The zero-order valence-corrected chi connectivity index (χ0v) is 12.8. The van der Waals surface area contributed by atoms with Crippen molar-refractivity contribution < 1.29 is 4.39 Å². The van der Waals surface area contributed by atoms with Crippen molar-refractivity contribution in [3.05, 3.63) is 69.5 Å². The molecule has 4 rings (SSSR count). The second-order valence-corrected chi connectivity index (χ2v) is 6.04. The maximum absolute atomic E-state index is 13.0. The van der Waals surface area contributed by atoms with Crippen molar-refractivity contribution in [2.75, 3.05) is 6.54 Å². The molecular weight excluding hydrogens is 295 g/mol. The van der Waals surface area contributed by atoms with Crippen molar-refractivity contribution in [1.82, 2.24) is 19.5 Å². The number of nitrogens with zero attached hydrogens (tertiary/aromatic N) is 3. The fraction of sp³-hybridized carbons (Fsp3) is 0.294.